The van der Waals surface area contributed by atoms with Crippen LogP contribution in [0.25, 0.3) is 44.9 Å². The number of pyridine rings is 1. The second-order valence-corrected chi connectivity index (χ2v) is 6.06. The molecule has 26 heavy (non-hydrogen) atoms. The van der Waals surface area contributed by atoms with E-state index >= 15 is 0 Å². The van der Waals surface area contributed by atoms with Gasteiger partial charge in [0.2, 0.25) is 0 Å². The first-order valence-corrected chi connectivity index (χ1v) is 8.40. The number of nitrogens with one attached hydrogen (secondary N) is 2. The minimum atomic E-state index is 0.829. The van der Waals surface area contributed by atoms with Crippen LogP contribution in [0.3, 0.4) is 0 Å². The van der Waals surface area contributed by atoms with E-state index in [1.165, 1.54) is 0 Å². The molecular weight excluding hydrogens is 322 g/mol. The third kappa shape index (κ3) is 2.46. The summed E-state index contributed by atoms with van der Waals surface area (Å²) in [7, 11) is 0. The molecule has 0 bridgehead atoms. The molecule has 0 saturated carbocycles. The fraction of sp³-hybridized carbons (Fsp3) is 0. The highest BCUT2D eigenvalue weighted by atomic mass is 15.1. The smallest absolute Gasteiger partial charge is 0.118 e. The molecule has 3 heterocycles. The maximum atomic E-state index is 4.79. The highest BCUT2D eigenvalue weighted by Gasteiger charge is 2.12. The summed E-state index contributed by atoms with van der Waals surface area (Å²) in [6.07, 6.45) is 0. The molecule has 5 heteroatoms. The van der Waals surface area contributed by atoms with Crippen molar-refractivity contribution >= 4 is 10.9 Å². The van der Waals surface area contributed by atoms with Crippen molar-refractivity contribution in [1.82, 2.24) is 25.4 Å². The molecule has 0 aliphatic heterocycles. The number of fused-ring (bicyclic) bond motifs is 1. The molecule has 0 saturated heterocycles. The van der Waals surface area contributed by atoms with E-state index < -0.39 is 0 Å². The topological polar surface area (TPSA) is 70.2 Å². The number of hydrogen-bond donors (Lipinski definition) is 2. The molecule has 5 aromatic rings. The normalized spacial score (nSPS) is 11.1. The van der Waals surface area contributed by atoms with Gasteiger partial charge in [0.25, 0.3) is 0 Å². The first-order chi connectivity index (χ1) is 12.9. The van der Waals surface area contributed by atoms with Gasteiger partial charge in [-0.05, 0) is 24.3 Å². The van der Waals surface area contributed by atoms with Crippen LogP contribution in [0.4, 0.5) is 0 Å². The van der Waals surface area contributed by atoms with Gasteiger partial charge in [-0.3, -0.25) is 10.2 Å². The fourth-order valence-corrected chi connectivity index (χ4v) is 3.09. The number of rotatable bonds is 3. The van der Waals surface area contributed by atoms with Crippen molar-refractivity contribution in [2.75, 3.05) is 0 Å². The summed E-state index contributed by atoms with van der Waals surface area (Å²) in [5, 5.41) is 16.1. The number of aromatic amines is 2. The summed E-state index contributed by atoms with van der Waals surface area (Å²) >= 11 is 0. The van der Waals surface area contributed by atoms with Crippen molar-refractivity contribution < 1.29 is 0 Å². The number of para-hydroxylation sites is 1. The van der Waals surface area contributed by atoms with Gasteiger partial charge in [-0.1, -0.05) is 54.6 Å². The van der Waals surface area contributed by atoms with Crippen LogP contribution in [-0.2, 0) is 0 Å². The second kappa shape index (κ2) is 5.97. The van der Waals surface area contributed by atoms with Crippen molar-refractivity contribution in [3.05, 3.63) is 78.9 Å². The van der Waals surface area contributed by atoms with Gasteiger partial charge in [0, 0.05) is 10.9 Å². The fourth-order valence-electron chi connectivity index (χ4n) is 3.09. The van der Waals surface area contributed by atoms with E-state index in [1.807, 2.05) is 78.9 Å². The maximum absolute atomic E-state index is 4.79. The molecule has 124 valence electrons. The molecule has 0 aliphatic carbocycles. The lowest BCUT2D eigenvalue weighted by atomic mass is 10.1. The number of nitrogens with zero attached hydrogens (tertiary/aromatic N) is 3. The molecule has 0 atom stereocenters. The van der Waals surface area contributed by atoms with E-state index in [4.69, 9.17) is 4.98 Å². The minimum absolute atomic E-state index is 0.829. The Morgan fingerprint density at radius 1 is 0.615 bits per heavy atom. The van der Waals surface area contributed by atoms with Gasteiger partial charge in [-0.15, -0.1) is 0 Å². The summed E-state index contributed by atoms with van der Waals surface area (Å²) in [4.78, 5) is 4.79. The predicted octanol–water partition coefficient (Wildman–Crippen LogP) is 4.68. The van der Waals surface area contributed by atoms with Gasteiger partial charge in [0.15, 0.2) is 0 Å². The highest BCUT2D eigenvalue weighted by Crippen LogP contribution is 2.27. The van der Waals surface area contributed by atoms with Crippen molar-refractivity contribution in [1.29, 1.82) is 0 Å². The second-order valence-electron chi connectivity index (χ2n) is 6.06. The lowest BCUT2D eigenvalue weighted by molar-refractivity contribution is 1.08. The minimum Gasteiger partial charge on any atom is -0.277 e. The van der Waals surface area contributed by atoms with Gasteiger partial charge in [-0.25, -0.2) is 4.98 Å². The predicted molar refractivity (Wildman–Crippen MR) is 102 cm³/mol. The largest absolute Gasteiger partial charge is 0.277 e. The molecular formula is C21H15N5. The zero-order chi connectivity index (χ0) is 17.3. The Morgan fingerprint density at radius 2 is 1.42 bits per heavy atom. The Morgan fingerprint density at radius 3 is 2.35 bits per heavy atom. The Balaban J connectivity index is 1.56. The number of hydrogen-bond acceptors (Lipinski definition) is 3. The van der Waals surface area contributed by atoms with Crippen LogP contribution in [0.2, 0.25) is 0 Å². The van der Waals surface area contributed by atoms with E-state index in [0.717, 1.165) is 44.9 Å². The molecule has 0 radical (unpaired) electrons. The van der Waals surface area contributed by atoms with E-state index in [0.29, 0.717) is 0 Å². The SMILES string of the molecule is c1ccc(-c2cc(-c3cccc(-c4n[nH]c5ccccc45)n3)[nH]n2)cc1. The van der Waals surface area contributed by atoms with Crippen LogP contribution in [0.5, 0.6) is 0 Å². The molecule has 5 rings (SSSR count). The lowest BCUT2D eigenvalue weighted by Gasteiger charge is -2.01. The summed E-state index contributed by atoms with van der Waals surface area (Å²) in [5.74, 6) is 0. The maximum Gasteiger partial charge on any atom is 0.118 e. The number of benzene rings is 2. The third-order valence-corrected chi connectivity index (χ3v) is 4.39. The Bertz CT molecular complexity index is 1190. The molecule has 5 nitrogen and oxygen atoms in total. The van der Waals surface area contributed by atoms with Gasteiger partial charge >= 0.3 is 0 Å². The summed E-state index contributed by atoms with van der Waals surface area (Å²) < 4.78 is 0. The monoisotopic (exact) mass is 337 g/mol. The van der Waals surface area contributed by atoms with Gasteiger partial charge in [0.05, 0.1) is 28.3 Å². The Kier molecular flexibility index (Phi) is 3.35. The zero-order valence-corrected chi connectivity index (χ0v) is 13.8. The first kappa shape index (κ1) is 14.6. The Labute approximate surface area is 149 Å². The molecule has 3 aromatic heterocycles. The van der Waals surface area contributed by atoms with Crippen LogP contribution < -0.4 is 0 Å². The number of H-pyrrole nitrogens is 2. The Hall–Kier alpha value is -3.73. The lowest BCUT2D eigenvalue weighted by Crippen LogP contribution is -1.88. The molecule has 0 spiro atoms. The molecule has 2 N–H and O–H groups in total. The molecule has 2 aromatic carbocycles. The first-order valence-electron chi connectivity index (χ1n) is 8.40. The van der Waals surface area contributed by atoms with Crippen molar-refractivity contribution in [3.63, 3.8) is 0 Å². The third-order valence-electron chi connectivity index (χ3n) is 4.39. The summed E-state index contributed by atoms with van der Waals surface area (Å²) in [5.41, 5.74) is 6.38. The quantitative estimate of drug-likeness (QED) is 0.502. The summed E-state index contributed by atoms with van der Waals surface area (Å²) in [6, 6.07) is 26.1. The van der Waals surface area contributed by atoms with Gasteiger partial charge in [-0.2, -0.15) is 10.2 Å². The molecule has 0 unspecified atom stereocenters. The van der Waals surface area contributed by atoms with Gasteiger partial charge in [0.1, 0.15) is 5.69 Å². The van der Waals surface area contributed by atoms with E-state index in [9.17, 15) is 0 Å². The highest BCUT2D eigenvalue weighted by molar-refractivity contribution is 5.92. The molecule has 0 aliphatic rings. The van der Waals surface area contributed by atoms with Crippen molar-refractivity contribution in [3.8, 4) is 34.0 Å². The van der Waals surface area contributed by atoms with Crippen LogP contribution in [0.1, 0.15) is 0 Å². The van der Waals surface area contributed by atoms with Crippen LogP contribution in [0, 0.1) is 0 Å². The average Bonchev–Trinajstić information content (AvgIpc) is 3.36. The van der Waals surface area contributed by atoms with Crippen LogP contribution >= 0.6 is 0 Å². The standard InChI is InChI=1S/C21H15N5/c1-2-7-14(8-3-1)19-13-20(25-24-19)17-11-6-12-18(22-17)21-15-9-4-5-10-16(15)23-26-21/h1-13H,(H,23,26)(H,24,25). The molecule has 0 fully saturated rings. The zero-order valence-electron chi connectivity index (χ0n) is 13.8. The number of aromatic nitrogens is 5. The van der Waals surface area contributed by atoms with E-state index in [1.54, 1.807) is 0 Å². The van der Waals surface area contributed by atoms with Crippen LogP contribution in [-0.4, -0.2) is 25.4 Å². The van der Waals surface area contributed by atoms with Crippen molar-refractivity contribution in [2.45, 2.75) is 0 Å². The van der Waals surface area contributed by atoms with Gasteiger partial charge < -0.3 is 0 Å². The van der Waals surface area contributed by atoms with Crippen LogP contribution in [0.15, 0.2) is 78.9 Å². The molecule has 0 amide bonds. The summed E-state index contributed by atoms with van der Waals surface area (Å²) in [6.45, 7) is 0. The van der Waals surface area contributed by atoms with E-state index in [2.05, 4.69) is 20.4 Å². The van der Waals surface area contributed by atoms with E-state index in [-0.39, 0.29) is 0 Å². The average molecular weight is 337 g/mol. The van der Waals surface area contributed by atoms with Crippen molar-refractivity contribution in [2.24, 2.45) is 0 Å².